The Bertz CT molecular complexity index is 743. The molecule has 1 radical (unpaired) electrons. The molecule has 3 heterocycles. The van der Waals surface area contributed by atoms with Crippen LogP contribution in [0.15, 0.2) is 23.8 Å². The SMILES string of the molecule is C[C@H](Nc1c[c]nc(-c2cnn3ccsc23)n1)C1CC1. The summed E-state index contributed by atoms with van der Waals surface area (Å²) in [6.07, 6.45) is 9.30. The van der Waals surface area contributed by atoms with Gasteiger partial charge in [-0.1, -0.05) is 0 Å². The van der Waals surface area contributed by atoms with E-state index in [1.165, 1.54) is 12.8 Å². The first-order valence-electron chi connectivity index (χ1n) is 6.74. The second kappa shape index (κ2) is 4.56. The van der Waals surface area contributed by atoms with Crippen LogP contribution < -0.4 is 5.32 Å². The number of fused-ring (bicyclic) bond motifs is 1. The molecule has 3 aromatic heterocycles. The minimum absolute atomic E-state index is 0.458. The molecule has 0 saturated heterocycles. The van der Waals surface area contributed by atoms with Crippen molar-refractivity contribution in [2.75, 3.05) is 5.32 Å². The maximum atomic E-state index is 4.59. The molecule has 20 heavy (non-hydrogen) atoms. The van der Waals surface area contributed by atoms with Gasteiger partial charge in [0.2, 0.25) is 0 Å². The van der Waals surface area contributed by atoms with E-state index in [1.54, 1.807) is 17.4 Å². The number of thiazole rings is 1. The lowest BCUT2D eigenvalue weighted by Crippen LogP contribution is -2.18. The second-order valence-corrected chi connectivity index (χ2v) is 6.08. The monoisotopic (exact) mass is 284 g/mol. The summed E-state index contributed by atoms with van der Waals surface area (Å²) >= 11 is 1.64. The van der Waals surface area contributed by atoms with E-state index >= 15 is 0 Å². The van der Waals surface area contributed by atoms with E-state index in [9.17, 15) is 0 Å². The molecule has 1 saturated carbocycles. The quantitative estimate of drug-likeness (QED) is 0.800. The van der Waals surface area contributed by atoms with E-state index in [0.717, 1.165) is 22.1 Å². The predicted octanol–water partition coefficient (Wildman–Crippen LogP) is 2.86. The first-order chi connectivity index (χ1) is 9.81. The summed E-state index contributed by atoms with van der Waals surface area (Å²) in [5.41, 5.74) is 0.957. The number of aromatic nitrogens is 4. The highest BCUT2D eigenvalue weighted by Gasteiger charge is 2.28. The second-order valence-electron chi connectivity index (χ2n) is 5.19. The van der Waals surface area contributed by atoms with E-state index < -0.39 is 0 Å². The minimum atomic E-state index is 0.458. The van der Waals surface area contributed by atoms with E-state index in [1.807, 2.05) is 22.3 Å². The zero-order valence-corrected chi connectivity index (χ0v) is 11.9. The lowest BCUT2D eigenvalue weighted by Gasteiger charge is -2.13. The van der Waals surface area contributed by atoms with Gasteiger partial charge in [-0.3, -0.25) is 0 Å². The molecule has 6 heteroatoms. The number of nitrogens with zero attached hydrogens (tertiary/aromatic N) is 4. The highest BCUT2D eigenvalue weighted by molar-refractivity contribution is 7.16. The molecule has 0 amide bonds. The molecule has 5 nitrogen and oxygen atoms in total. The Morgan fingerprint density at radius 3 is 3.25 bits per heavy atom. The van der Waals surface area contributed by atoms with Gasteiger partial charge in [-0.15, -0.1) is 11.3 Å². The van der Waals surface area contributed by atoms with Gasteiger partial charge in [0.15, 0.2) is 5.82 Å². The summed E-state index contributed by atoms with van der Waals surface area (Å²) in [6.45, 7) is 2.21. The van der Waals surface area contributed by atoms with Crippen molar-refractivity contribution in [3.8, 4) is 11.4 Å². The fourth-order valence-corrected chi connectivity index (χ4v) is 3.14. The third-order valence-corrected chi connectivity index (χ3v) is 4.56. The molecule has 0 aliphatic heterocycles. The van der Waals surface area contributed by atoms with Crippen LogP contribution in [-0.2, 0) is 0 Å². The van der Waals surface area contributed by atoms with Crippen LogP contribution in [0, 0.1) is 12.1 Å². The third kappa shape index (κ3) is 2.06. The smallest absolute Gasteiger partial charge is 0.166 e. The summed E-state index contributed by atoms with van der Waals surface area (Å²) in [5.74, 6) is 2.30. The highest BCUT2D eigenvalue weighted by Crippen LogP contribution is 2.34. The Hall–Kier alpha value is -1.95. The molecule has 0 spiro atoms. The van der Waals surface area contributed by atoms with Crippen molar-refractivity contribution in [1.82, 2.24) is 19.6 Å². The van der Waals surface area contributed by atoms with Crippen LogP contribution in [0.5, 0.6) is 0 Å². The van der Waals surface area contributed by atoms with Gasteiger partial charge in [0.25, 0.3) is 0 Å². The zero-order valence-electron chi connectivity index (χ0n) is 11.1. The van der Waals surface area contributed by atoms with Gasteiger partial charge in [0, 0.05) is 23.7 Å². The van der Waals surface area contributed by atoms with Gasteiger partial charge in [0.05, 0.1) is 18.0 Å². The van der Waals surface area contributed by atoms with Gasteiger partial charge in [-0.05, 0) is 25.7 Å². The van der Waals surface area contributed by atoms with Crippen LogP contribution in [-0.4, -0.2) is 25.6 Å². The van der Waals surface area contributed by atoms with Gasteiger partial charge >= 0.3 is 0 Å². The molecule has 4 rings (SSSR count). The van der Waals surface area contributed by atoms with Crippen molar-refractivity contribution in [2.45, 2.75) is 25.8 Å². The number of hydrogen-bond acceptors (Lipinski definition) is 5. The Balaban J connectivity index is 1.66. The Labute approximate surface area is 120 Å². The molecular weight excluding hydrogens is 270 g/mol. The fraction of sp³-hybridized carbons (Fsp3) is 0.357. The number of hydrogen-bond donors (Lipinski definition) is 1. The largest absolute Gasteiger partial charge is 0.367 e. The Morgan fingerprint density at radius 2 is 2.40 bits per heavy atom. The first-order valence-corrected chi connectivity index (χ1v) is 7.62. The first kappa shape index (κ1) is 11.8. The lowest BCUT2D eigenvalue weighted by atomic mass is 10.2. The van der Waals surface area contributed by atoms with Crippen molar-refractivity contribution in [2.24, 2.45) is 5.92 Å². The minimum Gasteiger partial charge on any atom is -0.367 e. The standard InChI is InChI=1S/C14H14N5S/c1-9(10-2-3-10)17-12-4-5-15-13(18-12)11-8-16-19-6-7-20-14(11)19/h4,6-10H,2-3H2,1H3,(H,15,17,18)/t9-/m0/s1. The van der Waals surface area contributed by atoms with E-state index in [4.69, 9.17) is 0 Å². The third-order valence-electron chi connectivity index (χ3n) is 3.68. The molecule has 0 aromatic carbocycles. The van der Waals surface area contributed by atoms with Crippen molar-refractivity contribution in [3.63, 3.8) is 0 Å². The van der Waals surface area contributed by atoms with Crippen LogP contribution in [0.2, 0.25) is 0 Å². The Morgan fingerprint density at radius 1 is 1.50 bits per heavy atom. The summed E-state index contributed by atoms with van der Waals surface area (Å²) in [5, 5.41) is 9.75. The molecule has 101 valence electrons. The van der Waals surface area contributed by atoms with Crippen LogP contribution in [0.3, 0.4) is 0 Å². The summed E-state index contributed by atoms with van der Waals surface area (Å²) in [6, 6.07) is 2.26. The molecule has 0 bridgehead atoms. The Kier molecular flexibility index (Phi) is 2.70. The van der Waals surface area contributed by atoms with Crippen molar-refractivity contribution < 1.29 is 0 Å². The number of nitrogens with one attached hydrogen (secondary N) is 1. The van der Waals surface area contributed by atoms with E-state index in [-0.39, 0.29) is 0 Å². The zero-order chi connectivity index (χ0) is 13.5. The summed E-state index contributed by atoms with van der Waals surface area (Å²) in [4.78, 5) is 9.91. The maximum absolute atomic E-state index is 4.59. The van der Waals surface area contributed by atoms with Crippen molar-refractivity contribution in [1.29, 1.82) is 0 Å². The number of anilines is 1. The average molecular weight is 284 g/mol. The van der Waals surface area contributed by atoms with Crippen molar-refractivity contribution >= 4 is 22.0 Å². The van der Waals surface area contributed by atoms with Crippen LogP contribution >= 0.6 is 11.3 Å². The van der Waals surface area contributed by atoms with E-state index in [0.29, 0.717) is 11.9 Å². The topological polar surface area (TPSA) is 55.1 Å². The molecule has 0 unspecified atom stereocenters. The molecule has 3 aromatic rings. The van der Waals surface area contributed by atoms with Crippen LogP contribution in [0.4, 0.5) is 5.82 Å². The van der Waals surface area contributed by atoms with Crippen LogP contribution in [0.25, 0.3) is 16.2 Å². The van der Waals surface area contributed by atoms with Crippen LogP contribution in [0.1, 0.15) is 19.8 Å². The summed E-state index contributed by atoms with van der Waals surface area (Å²) < 4.78 is 1.84. The van der Waals surface area contributed by atoms with Gasteiger partial charge < -0.3 is 5.32 Å². The average Bonchev–Trinajstić information content (AvgIpc) is 3.07. The van der Waals surface area contributed by atoms with Gasteiger partial charge in [-0.2, -0.15) is 5.10 Å². The highest BCUT2D eigenvalue weighted by atomic mass is 32.1. The normalized spacial score (nSPS) is 16.4. The molecule has 1 N–H and O–H groups in total. The van der Waals surface area contributed by atoms with E-state index in [2.05, 4.69) is 33.5 Å². The van der Waals surface area contributed by atoms with Gasteiger partial charge in [-0.25, -0.2) is 14.5 Å². The fourth-order valence-electron chi connectivity index (χ4n) is 2.35. The number of rotatable bonds is 4. The summed E-state index contributed by atoms with van der Waals surface area (Å²) in [7, 11) is 0. The molecule has 1 aliphatic carbocycles. The molecule has 1 atom stereocenters. The maximum Gasteiger partial charge on any atom is 0.166 e. The molecular formula is C14H14N5S. The van der Waals surface area contributed by atoms with Gasteiger partial charge in [0.1, 0.15) is 10.6 Å². The van der Waals surface area contributed by atoms with Crippen molar-refractivity contribution in [3.05, 3.63) is 30.0 Å². The molecule has 1 aliphatic rings. The predicted molar refractivity (Wildman–Crippen MR) is 78.7 cm³/mol. The lowest BCUT2D eigenvalue weighted by molar-refractivity contribution is 0.690. The molecule has 1 fully saturated rings.